The van der Waals surface area contributed by atoms with Crippen molar-refractivity contribution in [1.82, 2.24) is 0 Å². The van der Waals surface area contributed by atoms with Crippen LogP contribution in [0.15, 0.2) is 54.6 Å². The Hall–Kier alpha value is -0.853. The molecule has 2 aromatic rings. The van der Waals surface area contributed by atoms with Gasteiger partial charge in [-0.3, -0.25) is 0 Å². The molecular weight excluding hydrogens is 499 g/mol. The number of aliphatic hydroxyl groups excluding tert-OH is 1. The topological polar surface area (TPSA) is 29.5 Å². The number of rotatable bonds is 17. The summed E-state index contributed by atoms with van der Waals surface area (Å²) in [6, 6.07) is 20.2. The minimum atomic E-state index is -0.703. The van der Waals surface area contributed by atoms with Gasteiger partial charge in [-0.25, -0.2) is 0 Å². The van der Waals surface area contributed by atoms with Crippen LogP contribution in [0.5, 0.6) is 5.75 Å². The lowest BCUT2D eigenvalue weighted by Gasteiger charge is -2.11. The first kappa shape index (κ1) is 25.4. The largest absolute Gasteiger partial charge is 0.549 e. The lowest BCUT2D eigenvalue weighted by Crippen LogP contribution is -3.61. The van der Waals surface area contributed by atoms with E-state index in [1.165, 1.54) is 64.9 Å². The van der Waals surface area contributed by atoms with E-state index in [0.717, 1.165) is 24.6 Å². The van der Waals surface area contributed by atoms with Crippen LogP contribution in [0.1, 0.15) is 77.6 Å². The van der Waals surface area contributed by atoms with Gasteiger partial charge < -0.3 is 9.53 Å². The highest BCUT2D eigenvalue weighted by Crippen LogP contribution is 2.13. The van der Waals surface area contributed by atoms with Gasteiger partial charge in [0.05, 0.1) is 6.10 Å². The Balaban J connectivity index is 1.47. The van der Waals surface area contributed by atoms with Gasteiger partial charge in [0.15, 0.2) is 7.14 Å². The summed E-state index contributed by atoms with van der Waals surface area (Å²) in [6.45, 7) is 2.27. The molecule has 166 valence electrons. The quantitative estimate of drug-likeness (QED) is 0.190. The number of halogens is 1. The lowest BCUT2D eigenvalue weighted by atomic mass is 10.1. The second kappa shape index (κ2) is 16.8. The molecule has 0 aromatic heterocycles. The number of unbranched alkanes of at least 4 members (excludes halogenated alkanes) is 9. The minimum Gasteiger partial charge on any atom is -0.549 e. The molecule has 0 amide bonds. The predicted molar refractivity (Wildman–Crippen MR) is 127 cm³/mol. The SMILES string of the molecule is CCCCCCCCCCCCC(O)C[SiH2]Oc1ccc([I+]c2ccccc2)cc1. The highest BCUT2D eigenvalue weighted by molar-refractivity contribution is 6.28. The fraction of sp³-hybridized carbons (Fsp3) is 0.538. The van der Waals surface area contributed by atoms with Gasteiger partial charge in [0.1, 0.15) is 5.75 Å². The highest BCUT2D eigenvalue weighted by atomic mass is 127. The molecule has 4 heteroatoms. The summed E-state index contributed by atoms with van der Waals surface area (Å²) < 4.78 is 8.82. The van der Waals surface area contributed by atoms with Crippen molar-refractivity contribution in [1.29, 1.82) is 0 Å². The average Bonchev–Trinajstić information content (AvgIpc) is 2.77. The van der Waals surface area contributed by atoms with Crippen molar-refractivity contribution in [2.75, 3.05) is 0 Å². The Morgan fingerprint density at radius 2 is 1.33 bits per heavy atom. The van der Waals surface area contributed by atoms with E-state index >= 15 is 0 Å². The number of hydrogen-bond donors (Lipinski definition) is 1. The lowest BCUT2D eigenvalue weighted by molar-refractivity contribution is -0.597. The third kappa shape index (κ3) is 12.1. The molecule has 0 spiro atoms. The molecule has 0 saturated heterocycles. The summed E-state index contributed by atoms with van der Waals surface area (Å²) in [5.74, 6) is 0.966. The molecule has 1 atom stereocenters. The van der Waals surface area contributed by atoms with Crippen molar-refractivity contribution in [3.05, 3.63) is 61.7 Å². The first-order valence-corrected chi connectivity index (χ1v) is 15.6. The molecule has 2 rings (SSSR count). The summed E-state index contributed by atoms with van der Waals surface area (Å²) in [7, 11) is -0.703. The maximum absolute atomic E-state index is 10.2. The molecule has 1 unspecified atom stereocenters. The molecular formula is C26H40IO2Si+. The van der Waals surface area contributed by atoms with Crippen LogP contribution < -0.4 is 25.6 Å². The molecule has 0 fully saturated rings. The van der Waals surface area contributed by atoms with Crippen LogP contribution in [-0.2, 0) is 0 Å². The van der Waals surface area contributed by atoms with Crippen LogP contribution in [0.4, 0.5) is 0 Å². The van der Waals surface area contributed by atoms with Crippen LogP contribution in [0.3, 0.4) is 0 Å². The zero-order chi connectivity index (χ0) is 21.3. The molecule has 0 heterocycles. The summed E-state index contributed by atoms with van der Waals surface area (Å²) in [5, 5.41) is 10.2. The number of hydrogen-bond acceptors (Lipinski definition) is 2. The normalized spacial score (nSPS) is 12.5. The van der Waals surface area contributed by atoms with Crippen LogP contribution in [0.2, 0.25) is 6.04 Å². The smallest absolute Gasteiger partial charge is 0.357 e. The summed E-state index contributed by atoms with van der Waals surface area (Å²) in [5.41, 5.74) is 0. The average molecular weight is 540 g/mol. The molecule has 0 saturated carbocycles. The molecule has 1 N–H and O–H groups in total. The standard InChI is InChI=1S/C26H40IO2Si/c1-2-3-4-5-6-7-8-9-10-14-17-25(28)22-30-29-26-20-18-24(19-21-26)27-23-15-12-11-13-16-23/h11-13,15-16,18-21,25,28H,2-10,14,17,22,30H2,1H3/q+1. The fourth-order valence-corrected chi connectivity index (χ4v) is 6.84. The fourth-order valence-electron chi connectivity index (χ4n) is 3.52. The maximum atomic E-state index is 10.2. The summed E-state index contributed by atoms with van der Waals surface area (Å²) >= 11 is -0.110. The number of benzene rings is 2. The van der Waals surface area contributed by atoms with Gasteiger partial charge >= 0.3 is 21.2 Å². The third-order valence-electron chi connectivity index (χ3n) is 5.38. The van der Waals surface area contributed by atoms with Crippen molar-refractivity contribution in [3.8, 4) is 5.75 Å². The monoisotopic (exact) mass is 539 g/mol. The van der Waals surface area contributed by atoms with E-state index in [9.17, 15) is 5.11 Å². The first-order valence-electron chi connectivity index (χ1n) is 11.9. The van der Waals surface area contributed by atoms with Gasteiger partial charge in [-0.05, 0) is 48.9 Å². The maximum Gasteiger partial charge on any atom is 0.357 e. The molecule has 0 radical (unpaired) electrons. The molecule has 2 aromatic carbocycles. The van der Waals surface area contributed by atoms with Crippen molar-refractivity contribution in [2.24, 2.45) is 0 Å². The molecule has 30 heavy (non-hydrogen) atoms. The van der Waals surface area contributed by atoms with Crippen LogP contribution >= 0.6 is 0 Å². The summed E-state index contributed by atoms with van der Waals surface area (Å²) in [4.78, 5) is 0. The second-order valence-corrected chi connectivity index (χ2v) is 12.4. The molecule has 0 aliphatic rings. The van der Waals surface area contributed by atoms with E-state index in [1.54, 1.807) is 0 Å². The van der Waals surface area contributed by atoms with Gasteiger partial charge in [0, 0.05) is 0 Å². The van der Waals surface area contributed by atoms with E-state index in [2.05, 4.69) is 61.5 Å². The van der Waals surface area contributed by atoms with Gasteiger partial charge in [-0.1, -0.05) is 89.3 Å². The van der Waals surface area contributed by atoms with Crippen molar-refractivity contribution in [2.45, 2.75) is 89.7 Å². The molecule has 0 aliphatic carbocycles. The van der Waals surface area contributed by atoms with Crippen molar-refractivity contribution < 1.29 is 30.7 Å². The summed E-state index contributed by atoms with van der Waals surface area (Å²) in [6.07, 6.45) is 14.2. The van der Waals surface area contributed by atoms with Crippen molar-refractivity contribution >= 4 is 9.76 Å². The Bertz CT molecular complexity index is 648. The first-order chi connectivity index (χ1) is 14.8. The highest BCUT2D eigenvalue weighted by Gasteiger charge is 2.14. The van der Waals surface area contributed by atoms with E-state index < -0.39 is 9.76 Å². The zero-order valence-electron chi connectivity index (χ0n) is 18.7. The van der Waals surface area contributed by atoms with Gasteiger partial charge in [0.25, 0.3) is 0 Å². The molecule has 0 bridgehead atoms. The van der Waals surface area contributed by atoms with E-state index in [0.29, 0.717) is 0 Å². The Morgan fingerprint density at radius 1 is 0.767 bits per heavy atom. The van der Waals surface area contributed by atoms with E-state index in [-0.39, 0.29) is 27.3 Å². The van der Waals surface area contributed by atoms with Crippen LogP contribution in [-0.4, -0.2) is 21.0 Å². The minimum absolute atomic E-state index is 0.110. The Kier molecular flexibility index (Phi) is 14.2. The Morgan fingerprint density at radius 3 is 1.97 bits per heavy atom. The van der Waals surface area contributed by atoms with Gasteiger partial charge in [0.2, 0.25) is 9.76 Å². The Labute approximate surface area is 197 Å². The zero-order valence-corrected chi connectivity index (χ0v) is 22.3. The van der Waals surface area contributed by atoms with Gasteiger partial charge in [-0.2, -0.15) is 0 Å². The predicted octanol–water partition coefficient (Wildman–Crippen LogP) is 3.37. The third-order valence-corrected chi connectivity index (χ3v) is 9.50. The van der Waals surface area contributed by atoms with Crippen molar-refractivity contribution in [3.63, 3.8) is 0 Å². The molecule has 0 aliphatic heterocycles. The van der Waals surface area contributed by atoms with Gasteiger partial charge in [-0.15, -0.1) is 0 Å². The number of aliphatic hydroxyl groups is 1. The van der Waals surface area contributed by atoms with Crippen LogP contribution in [0, 0.1) is 7.14 Å². The van der Waals surface area contributed by atoms with E-state index in [4.69, 9.17) is 4.43 Å². The second-order valence-electron chi connectivity index (χ2n) is 8.11. The van der Waals surface area contributed by atoms with E-state index in [1.807, 2.05) is 0 Å². The molecule has 2 nitrogen and oxygen atoms in total. The van der Waals surface area contributed by atoms with Crippen LogP contribution in [0.25, 0.3) is 0 Å².